The fraction of sp³-hybridized carbons (Fsp3) is 0.417. The maximum Gasteiger partial charge on any atom is 0.163 e. The van der Waals surface area contributed by atoms with Crippen LogP contribution in [0, 0.1) is 0 Å². The summed E-state index contributed by atoms with van der Waals surface area (Å²) in [7, 11) is 0. The van der Waals surface area contributed by atoms with Crippen molar-refractivity contribution in [3.05, 3.63) is 28.3 Å². The van der Waals surface area contributed by atoms with Gasteiger partial charge in [0.2, 0.25) is 0 Å². The molecule has 0 aliphatic carbocycles. The lowest BCUT2D eigenvalue weighted by molar-refractivity contribution is 0.0644. The topological polar surface area (TPSA) is 46.5 Å². The van der Waals surface area contributed by atoms with Crippen molar-refractivity contribution in [2.24, 2.45) is 0 Å². The molecule has 0 saturated carbocycles. The zero-order chi connectivity index (χ0) is 12.3. The summed E-state index contributed by atoms with van der Waals surface area (Å²) in [5.41, 5.74) is 0.765. The minimum atomic E-state index is -0.217. The van der Waals surface area contributed by atoms with Crippen LogP contribution in [-0.4, -0.2) is 17.0 Å². The number of ether oxygens (including phenoxy) is 1. The maximum absolute atomic E-state index is 11.2. The minimum Gasteiger partial charge on any atom is -0.507 e. The average molecular weight is 243 g/mol. The highest BCUT2D eigenvalue weighted by Gasteiger charge is 2.13. The lowest BCUT2D eigenvalue weighted by Crippen LogP contribution is -2.04. The Labute approximate surface area is 100.0 Å². The lowest BCUT2D eigenvalue weighted by Gasteiger charge is -2.11. The van der Waals surface area contributed by atoms with Gasteiger partial charge in [-0.05, 0) is 32.9 Å². The SMILES string of the molecule is CC(=O)c1cc(Cl)cc(COC(C)C)c1O. The first kappa shape index (κ1) is 13.0. The Kier molecular flexibility index (Phi) is 4.33. The van der Waals surface area contributed by atoms with Crippen LogP contribution in [-0.2, 0) is 11.3 Å². The van der Waals surface area contributed by atoms with Crippen LogP contribution in [0.2, 0.25) is 5.02 Å². The maximum atomic E-state index is 11.2. The average Bonchev–Trinajstić information content (AvgIpc) is 2.18. The largest absolute Gasteiger partial charge is 0.507 e. The number of carbonyl (C=O) groups excluding carboxylic acids is 1. The fourth-order valence-electron chi connectivity index (χ4n) is 1.29. The van der Waals surface area contributed by atoms with Crippen molar-refractivity contribution in [2.45, 2.75) is 33.5 Å². The Hall–Kier alpha value is -1.06. The van der Waals surface area contributed by atoms with Crippen molar-refractivity contribution in [1.82, 2.24) is 0 Å². The molecule has 88 valence electrons. The van der Waals surface area contributed by atoms with Gasteiger partial charge < -0.3 is 9.84 Å². The molecule has 0 heterocycles. The van der Waals surface area contributed by atoms with Crippen LogP contribution in [0.15, 0.2) is 12.1 Å². The molecule has 0 aliphatic heterocycles. The second kappa shape index (κ2) is 5.32. The Morgan fingerprint density at radius 1 is 1.50 bits per heavy atom. The number of halogens is 1. The standard InChI is InChI=1S/C12H15ClO3/c1-7(2)16-6-9-4-10(13)5-11(8(3)14)12(9)15/h4-5,7,15H,6H2,1-3H3. The third-order valence-corrected chi connectivity index (χ3v) is 2.32. The Balaban J connectivity index is 3.04. The van der Waals surface area contributed by atoms with Gasteiger partial charge in [0.25, 0.3) is 0 Å². The Bertz CT molecular complexity index is 399. The molecular formula is C12H15ClO3. The Morgan fingerprint density at radius 3 is 2.62 bits per heavy atom. The van der Waals surface area contributed by atoms with Crippen molar-refractivity contribution in [3.8, 4) is 5.75 Å². The van der Waals surface area contributed by atoms with Gasteiger partial charge in [-0.2, -0.15) is 0 Å². The highest BCUT2D eigenvalue weighted by molar-refractivity contribution is 6.31. The van der Waals surface area contributed by atoms with Gasteiger partial charge >= 0.3 is 0 Å². The number of hydrogen-bond donors (Lipinski definition) is 1. The summed E-state index contributed by atoms with van der Waals surface area (Å²) in [6.07, 6.45) is 0.0548. The molecule has 1 aromatic rings. The van der Waals surface area contributed by atoms with Crippen molar-refractivity contribution in [1.29, 1.82) is 0 Å². The molecule has 0 atom stereocenters. The van der Waals surface area contributed by atoms with Crippen LogP contribution in [0.4, 0.5) is 0 Å². The third-order valence-electron chi connectivity index (χ3n) is 2.11. The van der Waals surface area contributed by atoms with Gasteiger partial charge in [-0.25, -0.2) is 0 Å². The van der Waals surface area contributed by atoms with Crippen LogP contribution < -0.4 is 0 Å². The smallest absolute Gasteiger partial charge is 0.163 e. The van der Waals surface area contributed by atoms with E-state index in [2.05, 4.69) is 0 Å². The van der Waals surface area contributed by atoms with Gasteiger partial charge in [-0.1, -0.05) is 11.6 Å². The molecule has 0 saturated heterocycles. The number of phenols is 1. The van der Waals surface area contributed by atoms with E-state index in [9.17, 15) is 9.90 Å². The number of Topliss-reactive ketones (excluding diaryl/α,β-unsaturated/α-hetero) is 1. The predicted octanol–water partition coefficient (Wildman–Crippen LogP) is 3.17. The monoisotopic (exact) mass is 242 g/mol. The molecule has 0 amide bonds. The molecule has 0 aromatic heterocycles. The van der Waals surface area contributed by atoms with Crippen LogP contribution in [0.25, 0.3) is 0 Å². The molecular weight excluding hydrogens is 228 g/mol. The summed E-state index contributed by atoms with van der Waals surface area (Å²) in [5.74, 6) is -0.261. The molecule has 0 bridgehead atoms. The van der Waals surface area contributed by atoms with Gasteiger partial charge in [0.15, 0.2) is 5.78 Å². The summed E-state index contributed by atoms with van der Waals surface area (Å²) in [6.45, 7) is 5.42. The summed E-state index contributed by atoms with van der Waals surface area (Å²) in [5, 5.41) is 10.3. The second-order valence-corrected chi connectivity index (χ2v) is 4.31. The zero-order valence-corrected chi connectivity index (χ0v) is 10.3. The van der Waals surface area contributed by atoms with Crippen LogP contribution in [0.5, 0.6) is 5.75 Å². The van der Waals surface area contributed by atoms with Crippen LogP contribution in [0.1, 0.15) is 36.7 Å². The lowest BCUT2D eigenvalue weighted by atomic mass is 10.1. The molecule has 16 heavy (non-hydrogen) atoms. The normalized spacial score (nSPS) is 10.8. The van der Waals surface area contributed by atoms with Crippen LogP contribution in [0.3, 0.4) is 0 Å². The number of benzene rings is 1. The molecule has 1 aromatic carbocycles. The van der Waals surface area contributed by atoms with Gasteiger partial charge in [0, 0.05) is 10.6 Å². The first-order valence-electron chi connectivity index (χ1n) is 5.05. The van der Waals surface area contributed by atoms with E-state index in [1.54, 1.807) is 6.07 Å². The van der Waals surface area contributed by atoms with Crippen molar-refractivity contribution >= 4 is 17.4 Å². The van der Waals surface area contributed by atoms with E-state index in [-0.39, 0.29) is 29.8 Å². The Morgan fingerprint density at radius 2 is 2.12 bits per heavy atom. The quantitative estimate of drug-likeness (QED) is 0.825. The highest BCUT2D eigenvalue weighted by Crippen LogP contribution is 2.28. The van der Waals surface area contributed by atoms with Crippen molar-refractivity contribution in [2.75, 3.05) is 0 Å². The number of hydrogen-bond acceptors (Lipinski definition) is 3. The van der Waals surface area contributed by atoms with E-state index in [0.29, 0.717) is 10.6 Å². The molecule has 0 fully saturated rings. The van der Waals surface area contributed by atoms with Crippen molar-refractivity contribution < 1.29 is 14.6 Å². The van der Waals surface area contributed by atoms with Gasteiger partial charge in [-0.15, -0.1) is 0 Å². The number of rotatable bonds is 4. The third kappa shape index (κ3) is 3.22. The summed E-state index contributed by atoms with van der Waals surface area (Å²) >= 11 is 5.86. The van der Waals surface area contributed by atoms with E-state index < -0.39 is 0 Å². The number of phenolic OH excluding ortho intramolecular Hbond substituents is 1. The molecule has 0 spiro atoms. The van der Waals surface area contributed by atoms with E-state index in [0.717, 1.165) is 0 Å². The highest BCUT2D eigenvalue weighted by atomic mass is 35.5. The first-order chi connectivity index (χ1) is 7.41. The summed E-state index contributed by atoms with van der Waals surface area (Å²) in [4.78, 5) is 11.2. The number of carbonyl (C=O) groups is 1. The second-order valence-electron chi connectivity index (χ2n) is 3.88. The van der Waals surface area contributed by atoms with Gasteiger partial charge in [0.1, 0.15) is 5.75 Å². The van der Waals surface area contributed by atoms with Gasteiger partial charge in [-0.3, -0.25) is 4.79 Å². The zero-order valence-electron chi connectivity index (χ0n) is 9.58. The van der Waals surface area contributed by atoms with E-state index in [4.69, 9.17) is 16.3 Å². The predicted molar refractivity (Wildman–Crippen MR) is 63.0 cm³/mol. The van der Waals surface area contributed by atoms with E-state index in [1.807, 2.05) is 13.8 Å². The van der Waals surface area contributed by atoms with E-state index in [1.165, 1.54) is 13.0 Å². The number of aromatic hydroxyl groups is 1. The minimum absolute atomic E-state index is 0.0439. The fourth-order valence-corrected chi connectivity index (χ4v) is 1.53. The molecule has 0 aliphatic rings. The molecule has 1 N–H and O–H groups in total. The number of ketones is 1. The molecule has 0 unspecified atom stereocenters. The molecule has 4 heteroatoms. The summed E-state index contributed by atoms with van der Waals surface area (Å²) in [6, 6.07) is 3.06. The van der Waals surface area contributed by atoms with Crippen molar-refractivity contribution in [3.63, 3.8) is 0 Å². The van der Waals surface area contributed by atoms with Gasteiger partial charge in [0.05, 0.1) is 18.3 Å². The summed E-state index contributed by atoms with van der Waals surface area (Å²) < 4.78 is 5.37. The molecule has 0 radical (unpaired) electrons. The van der Waals surface area contributed by atoms with E-state index >= 15 is 0 Å². The molecule has 1 rings (SSSR count). The molecule has 3 nitrogen and oxygen atoms in total. The van der Waals surface area contributed by atoms with Crippen LogP contribution >= 0.6 is 11.6 Å². The first-order valence-corrected chi connectivity index (χ1v) is 5.43.